The van der Waals surface area contributed by atoms with Crippen LogP contribution >= 0.6 is 0 Å². The summed E-state index contributed by atoms with van der Waals surface area (Å²) in [6.45, 7) is 4.78. The Kier molecular flexibility index (Phi) is 3.17. The van der Waals surface area contributed by atoms with Gasteiger partial charge in [0.1, 0.15) is 0 Å². The zero-order valence-corrected chi connectivity index (χ0v) is 15.7. The number of amides is 1. The number of pyridine rings is 1. The number of fused-ring (bicyclic) bond motifs is 1. The number of hydrazine groups is 1. The molecule has 4 fully saturated rings. The van der Waals surface area contributed by atoms with Crippen LogP contribution in [0.5, 0.6) is 0 Å². The van der Waals surface area contributed by atoms with Crippen LogP contribution in [-0.2, 0) is 4.79 Å². The fourth-order valence-electron chi connectivity index (χ4n) is 7.35. The molecule has 4 bridgehead atoms. The number of carbonyl (C=O) groups is 1. The molecule has 1 aromatic heterocycles. The minimum absolute atomic E-state index is 0.107. The molecule has 1 aromatic carbocycles. The minimum atomic E-state index is -0.290. The molecule has 4 aliphatic rings. The van der Waals surface area contributed by atoms with Crippen molar-refractivity contribution >= 4 is 22.5 Å². The van der Waals surface area contributed by atoms with Gasteiger partial charge in [0, 0.05) is 11.6 Å². The van der Waals surface area contributed by atoms with Crippen LogP contribution in [0.3, 0.4) is 0 Å². The van der Waals surface area contributed by atoms with Crippen LogP contribution in [0.2, 0.25) is 0 Å². The number of aromatic nitrogens is 1. The van der Waals surface area contributed by atoms with Gasteiger partial charge in [-0.15, -0.1) is 0 Å². The number of anilines is 1. The molecule has 136 valence electrons. The topological polar surface area (TPSA) is 59.2 Å². The average Bonchev–Trinajstić information content (AvgIpc) is 2.57. The van der Waals surface area contributed by atoms with Crippen molar-refractivity contribution in [3.8, 4) is 0 Å². The van der Waals surface area contributed by atoms with E-state index in [9.17, 15) is 4.79 Å². The van der Waals surface area contributed by atoms with Crippen molar-refractivity contribution in [2.75, 3.05) is 5.01 Å². The Labute approximate surface area is 154 Å². The lowest BCUT2D eigenvalue weighted by atomic mass is 9.40. The van der Waals surface area contributed by atoms with Crippen LogP contribution in [-0.4, -0.2) is 10.9 Å². The molecule has 6 rings (SSSR count). The first-order valence-electron chi connectivity index (χ1n) is 9.75. The number of nitrogens with two attached hydrogens (primary N) is 1. The normalized spacial score (nSPS) is 37.9. The highest BCUT2D eigenvalue weighted by Crippen LogP contribution is 2.69. The standard InChI is InChI=1S/C22H27N3O/c1-20-9-15-10-21(2,12-20)14-22(11-15,13-20)19(26)25(23)18-7-3-6-17-16(18)5-4-8-24-17/h3-8,15H,9-14,23H2,1-2H3. The second-order valence-corrected chi connectivity index (χ2v) is 9.93. The summed E-state index contributed by atoms with van der Waals surface area (Å²) in [5, 5.41) is 2.37. The SMILES string of the molecule is CC12CC3CC(C)(C1)CC(C(=O)N(N)c1cccc4ncccc14)(C3)C2. The summed E-state index contributed by atoms with van der Waals surface area (Å²) in [4.78, 5) is 18.1. The van der Waals surface area contributed by atoms with Gasteiger partial charge in [0.15, 0.2) is 0 Å². The van der Waals surface area contributed by atoms with Crippen molar-refractivity contribution in [3.63, 3.8) is 0 Å². The zero-order chi connectivity index (χ0) is 18.2. The van der Waals surface area contributed by atoms with Gasteiger partial charge >= 0.3 is 0 Å². The van der Waals surface area contributed by atoms with Crippen molar-refractivity contribution in [2.24, 2.45) is 28.0 Å². The van der Waals surface area contributed by atoms with Crippen molar-refractivity contribution in [2.45, 2.75) is 52.4 Å². The van der Waals surface area contributed by atoms with Crippen molar-refractivity contribution in [1.82, 2.24) is 4.98 Å². The molecule has 0 radical (unpaired) electrons. The molecular formula is C22H27N3O. The maximum Gasteiger partial charge on any atom is 0.247 e. The van der Waals surface area contributed by atoms with Gasteiger partial charge in [0.05, 0.1) is 16.6 Å². The highest BCUT2D eigenvalue weighted by molar-refractivity contribution is 6.04. The molecule has 4 nitrogen and oxygen atoms in total. The smallest absolute Gasteiger partial charge is 0.247 e. The molecule has 2 aromatic rings. The first-order valence-corrected chi connectivity index (χ1v) is 9.75. The number of hydrogen-bond donors (Lipinski definition) is 1. The van der Waals surface area contributed by atoms with E-state index in [1.807, 2.05) is 30.3 Å². The number of hydrogen-bond acceptors (Lipinski definition) is 3. The average molecular weight is 349 g/mol. The summed E-state index contributed by atoms with van der Waals surface area (Å²) in [5.74, 6) is 7.25. The summed E-state index contributed by atoms with van der Waals surface area (Å²) >= 11 is 0. The largest absolute Gasteiger partial charge is 0.272 e. The van der Waals surface area contributed by atoms with Gasteiger partial charge < -0.3 is 0 Å². The van der Waals surface area contributed by atoms with E-state index in [2.05, 4.69) is 18.8 Å². The third kappa shape index (κ3) is 2.24. The lowest BCUT2D eigenvalue weighted by Crippen LogP contribution is -2.61. The van der Waals surface area contributed by atoms with Gasteiger partial charge in [-0.25, -0.2) is 10.9 Å². The van der Waals surface area contributed by atoms with E-state index in [1.54, 1.807) is 6.20 Å². The van der Waals surface area contributed by atoms with Crippen molar-refractivity contribution in [1.29, 1.82) is 0 Å². The third-order valence-corrected chi connectivity index (χ3v) is 7.18. The second-order valence-electron chi connectivity index (χ2n) is 9.93. The van der Waals surface area contributed by atoms with Crippen molar-refractivity contribution < 1.29 is 4.79 Å². The zero-order valence-electron chi connectivity index (χ0n) is 15.7. The van der Waals surface area contributed by atoms with Crippen LogP contribution in [0.1, 0.15) is 52.4 Å². The quantitative estimate of drug-likeness (QED) is 0.495. The van der Waals surface area contributed by atoms with Crippen LogP contribution in [0.15, 0.2) is 36.5 Å². The van der Waals surface area contributed by atoms with E-state index >= 15 is 0 Å². The van der Waals surface area contributed by atoms with Gasteiger partial charge in [-0.3, -0.25) is 9.78 Å². The first-order chi connectivity index (χ1) is 12.3. The molecule has 1 amide bonds. The fraction of sp³-hybridized carbons (Fsp3) is 0.545. The van der Waals surface area contributed by atoms with E-state index in [1.165, 1.54) is 24.3 Å². The van der Waals surface area contributed by atoms with Gasteiger partial charge in [0.25, 0.3) is 0 Å². The molecule has 0 saturated heterocycles. The molecule has 0 spiro atoms. The van der Waals surface area contributed by atoms with Gasteiger partial charge in [-0.05, 0) is 79.5 Å². The number of rotatable bonds is 2. The summed E-state index contributed by atoms with van der Waals surface area (Å²) < 4.78 is 0. The number of benzene rings is 1. The Morgan fingerprint density at radius 1 is 1.08 bits per heavy atom. The van der Waals surface area contributed by atoms with Gasteiger partial charge in [-0.2, -0.15) is 0 Å². The first kappa shape index (κ1) is 16.2. The molecule has 1 heterocycles. The Balaban J connectivity index is 1.55. The van der Waals surface area contributed by atoms with Crippen molar-refractivity contribution in [3.05, 3.63) is 36.5 Å². The molecule has 2 N–H and O–H groups in total. The van der Waals surface area contributed by atoms with E-state index in [0.717, 1.165) is 35.9 Å². The number of nitrogens with zero attached hydrogens (tertiary/aromatic N) is 2. The summed E-state index contributed by atoms with van der Waals surface area (Å²) in [6.07, 6.45) is 8.57. The fourth-order valence-corrected chi connectivity index (χ4v) is 7.35. The molecule has 4 aliphatic carbocycles. The van der Waals surface area contributed by atoms with Crippen LogP contribution in [0, 0.1) is 22.2 Å². The Hall–Kier alpha value is -1.94. The molecular weight excluding hydrogens is 322 g/mol. The van der Waals surface area contributed by atoms with Crippen LogP contribution in [0.25, 0.3) is 10.9 Å². The van der Waals surface area contributed by atoms with E-state index in [0.29, 0.717) is 16.7 Å². The van der Waals surface area contributed by atoms with Gasteiger partial charge in [-0.1, -0.05) is 19.9 Å². The lowest BCUT2D eigenvalue weighted by molar-refractivity contribution is -0.167. The van der Waals surface area contributed by atoms with E-state index in [4.69, 9.17) is 5.84 Å². The maximum absolute atomic E-state index is 13.7. The maximum atomic E-state index is 13.7. The lowest BCUT2D eigenvalue weighted by Gasteiger charge is -2.64. The van der Waals surface area contributed by atoms with E-state index in [-0.39, 0.29) is 11.3 Å². The highest BCUT2D eigenvalue weighted by Gasteiger charge is 2.63. The minimum Gasteiger partial charge on any atom is -0.272 e. The molecule has 4 heteroatoms. The Morgan fingerprint density at radius 2 is 1.81 bits per heavy atom. The van der Waals surface area contributed by atoms with Crippen LogP contribution < -0.4 is 10.9 Å². The summed E-state index contributed by atoms with van der Waals surface area (Å²) in [7, 11) is 0. The predicted molar refractivity (Wildman–Crippen MR) is 103 cm³/mol. The molecule has 2 unspecified atom stereocenters. The summed E-state index contributed by atoms with van der Waals surface area (Å²) in [5.41, 5.74) is 1.95. The molecule has 26 heavy (non-hydrogen) atoms. The van der Waals surface area contributed by atoms with Gasteiger partial charge in [0.2, 0.25) is 5.91 Å². The molecule has 0 aliphatic heterocycles. The number of carbonyl (C=O) groups excluding carboxylic acids is 1. The summed E-state index contributed by atoms with van der Waals surface area (Å²) in [6, 6.07) is 9.72. The second kappa shape index (κ2) is 5.07. The predicted octanol–water partition coefficient (Wildman–Crippen LogP) is 4.44. The molecule has 4 saturated carbocycles. The Bertz CT molecular complexity index is 884. The van der Waals surface area contributed by atoms with E-state index < -0.39 is 0 Å². The third-order valence-electron chi connectivity index (χ3n) is 7.18. The van der Waals surface area contributed by atoms with Crippen LogP contribution in [0.4, 0.5) is 5.69 Å². The molecule has 2 atom stereocenters. The Morgan fingerprint density at radius 3 is 2.50 bits per heavy atom. The highest BCUT2D eigenvalue weighted by atomic mass is 16.2. The monoisotopic (exact) mass is 349 g/mol.